The molecular formula is C20H28F3NO4. The van der Waals surface area contributed by atoms with Gasteiger partial charge in [-0.2, -0.15) is 13.2 Å². The Hall–Kier alpha value is -2.09. The monoisotopic (exact) mass is 403 g/mol. The minimum Gasteiger partial charge on any atom is -0.467 e. The Labute approximate surface area is 163 Å². The van der Waals surface area contributed by atoms with Gasteiger partial charge in [-0.05, 0) is 24.1 Å². The van der Waals surface area contributed by atoms with Gasteiger partial charge < -0.3 is 15.2 Å². The van der Waals surface area contributed by atoms with Crippen molar-refractivity contribution in [1.29, 1.82) is 0 Å². The van der Waals surface area contributed by atoms with Crippen molar-refractivity contribution in [3.63, 3.8) is 0 Å². The first-order chi connectivity index (χ1) is 13.2. The summed E-state index contributed by atoms with van der Waals surface area (Å²) in [5.41, 5.74) is -0.868. The Morgan fingerprint density at radius 1 is 1.07 bits per heavy atom. The number of methoxy groups -OCH3 is 1. The molecule has 0 bridgehead atoms. The number of esters is 1. The molecule has 1 amide bonds. The molecule has 158 valence electrons. The molecule has 0 spiro atoms. The molecule has 0 aliphatic heterocycles. The highest BCUT2D eigenvalue weighted by Crippen LogP contribution is 2.30. The van der Waals surface area contributed by atoms with Crippen molar-refractivity contribution < 1.29 is 32.6 Å². The molecule has 28 heavy (non-hydrogen) atoms. The summed E-state index contributed by atoms with van der Waals surface area (Å²) >= 11 is 0. The predicted molar refractivity (Wildman–Crippen MR) is 98.3 cm³/mol. The third kappa shape index (κ3) is 7.88. The molecule has 0 saturated heterocycles. The average Bonchev–Trinajstić information content (AvgIpc) is 2.67. The first kappa shape index (κ1) is 23.9. The number of carbonyl (C=O) groups is 2. The largest absolute Gasteiger partial charge is 0.467 e. The number of hydrogen-bond donors (Lipinski definition) is 2. The summed E-state index contributed by atoms with van der Waals surface area (Å²) < 4.78 is 42.5. The van der Waals surface area contributed by atoms with Gasteiger partial charge in [0.05, 0.1) is 12.7 Å². The highest BCUT2D eigenvalue weighted by atomic mass is 19.4. The SMILES string of the molecule is CCCCCCCC[C@@H](NC(=O)[C@H](O)c1ccc(C(F)(F)F)cc1)C(=O)OC. The summed E-state index contributed by atoms with van der Waals surface area (Å²) in [5.74, 6) is -1.48. The van der Waals surface area contributed by atoms with Gasteiger partial charge in [0.2, 0.25) is 0 Å². The zero-order valence-electron chi connectivity index (χ0n) is 16.2. The lowest BCUT2D eigenvalue weighted by molar-refractivity contribution is -0.146. The van der Waals surface area contributed by atoms with E-state index in [2.05, 4.69) is 17.0 Å². The molecule has 0 aliphatic rings. The van der Waals surface area contributed by atoms with E-state index in [-0.39, 0.29) is 5.56 Å². The first-order valence-electron chi connectivity index (χ1n) is 9.44. The standard InChI is InChI=1S/C20H28F3NO4/c1-3-4-5-6-7-8-9-16(19(27)28-2)24-18(26)17(25)14-10-12-15(13-11-14)20(21,22)23/h10-13,16-17,25H,3-9H2,1-2H3,(H,24,26)/t16-,17-/m1/s1. The van der Waals surface area contributed by atoms with Crippen molar-refractivity contribution in [3.05, 3.63) is 35.4 Å². The Morgan fingerprint density at radius 3 is 2.18 bits per heavy atom. The lowest BCUT2D eigenvalue weighted by Gasteiger charge is -2.19. The van der Waals surface area contributed by atoms with Crippen LogP contribution in [0.5, 0.6) is 0 Å². The zero-order chi connectivity index (χ0) is 21.2. The maximum Gasteiger partial charge on any atom is 0.416 e. The third-order valence-electron chi connectivity index (χ3n) is 4.45. The quantitative estimate of drug-likeness (QED) is 0.430. The minimum absolute atomic E-state index is 0.00804. The van der Waals surface area contributed by atoms with E-state index in [1.54, 1.807) is 0 Å². The van der Waals surface area contributed by atoms with Gasteiger partial charge in [0.25, 0.3) is 5.91 Å². The second-order valence-electron chi connectivity index (χ2n) is 6.66. The molecular weight excluding hydrogens is 375 g/mol. The maximum absolute atomic E-state index is 12.6. The lowest BCUT2D eigenvalue weighted by atomic mass is 10.0. The van der Waals surface area contributed by atoms with Gasteiger partial charge in [0, 0.05) is 0 Å². The smallest absolute Gasteiger partial charge is 0.416 e. The molecule has 0 radical (unpaired) electrons. The Bertz CT molecular complexity index is 617. The number of carbonyl (C=O) groups excluding carboxylic acids is 2. The highest BCUT2D eigenvalue weighted by Gasteiger charge is 2.31. The van der Waals surface area contributed by atoms with Crippen LogP contribution in [0.4, 0.5) is 13.2 Å². The van der Waals surface area contributed by atoms with E-state index in [1.807, 2.05) is 0 Å². The van der Waals surface area contributed by atoms with Crippen LogP contribution in [0.15, 0.2) is 24.3 Å². The summed E-state index contributed by atoms with van der Waals surface area (Å²) in [7, 11) is 1.20. The fourth-order valence-corrected chi connectivity index (χ4v) is 2.78. The van der Waals surface area contributed by atoms with E-state index < -0.39 is 35.8 Å². The number of unbranched alkanes of at least 4 members (excludes halogenated alkanes) is 5. The molecule has 8 heteroatoms. The Balaban J connectivity index is 2.64. The van der Waals surface area contributed by atoms with Gasteiger partial charge in [0.15, 0.2) is 6.10 Å². The van der Waals surface area contributed by atoms with Gasteiger partial charge in [0.1, 0.15) is 6.04 Å². The molecule has 0 fully saturated rings. The second-order valence-corrected chi connectivity index (χ2v) is 6.66. The Morgan fingerprint density at radius 2 is 1.64 bits per heavy atom. The molecule has 0 aliphatic carbocycles. The summed E-state index contributed by atoms with van der Waals surface area (Å²) in [6.45, 7) is 2.12. The minimum atomic E-state index is -4.50. The second kappa shape index (κ2) is 11.7. The van der Waals surface area contributed by atoms with Gasteiger partial charge in [-0.25, -0.2) is 4.79 Å². The van der Waals surface area contributed by atoms with Crippen molar-refractivity contribution in [2.24, 2.45) is 0 Å². The molecule has 0 aromatic heterocycles. The number of aliphatic hydroxyl groups excluding tert-OH is 1. The number of nitrogens with one attached hydrogen (secondary N) is 1. The van der Waals surface area contributed by atoms with Crippen molar-refractivity contribution in [1.82, 2.24) is 5.32 Å². The van der Waals surface area contributed by atoms with Gasteiger partial charge in [-0.3, -0.25) is 4.79 Å². The van der Waals surface area contributed by atoms with E-state index in [0.29, 0.717) is 12.8 Å². The third-order valence-corrected chi connectivity index (χ3v) is 4.45. The van der Waals surface area contributed by atoms with Gasteiger partial charge in [-0.15, -0.1) is 0 Å². The molecule has 0 unspecified atom stereocenters. The van der Waals surface area contributed by atoms with Crippen LogP contribution in [-0.4, -0.2) is 30.1 Å². The number of ether oxygens (including phenoxy) is 1. The zero-order valence-corrected chi connectivity index (χ0v) is 16.2. The van der Waals surface area contributed by atoms with Gasteiger partial charge >= 0.3 is 12.1 Å². The number of halogens is 3. The van der Waals surface area contributed by atoms with E-state index in [0.717, 1.165) is 56.4 Å². The average molecular weight is 403 g/mol. The number of benzene rings is 1. The Kier molecular flexibility index (Phi) is 9.99. The van der Waals surface area contributed by atoms with Crippen molar-refractivity contribution in [3.8, 4) is 0 Å². The number of hydrogen-bond acceptors (Lipinski definition) is 4. The van der Waals surface area contributed by atoms with Crippen LogP contribution in [-0.2, 0) is 20.5 Å². The number of alkyl halides is 3. The van der Waals surface area contributed by atoms with Crippen LogP contribution in [0.2, 0.25) is 0 Å². The molecule has 1 rings (SSSR count). The molecule has 5 nitrogen and oxygen atoms in total. The van der Waals surface area contributed by atoms with Crippen LogP contribution in [0.1, 0.15) is 69.1 Å². The molecule has 0 saturated carbocycles. The molecule has 0 heterocycles. The molecule has 2 N–H and O–H groups in total. The lowest BCUT2D eigenvalue weighted by Crippen LogP contribution is -2.43. The fourth-order valence-electron chi connectivity index (χ4n) is 2.78. The van der Waals surface area contributed by atoms with Gasteiger partial charge in [-0.1, -0.05) is 57.6 Å². The summed E-state index contributed by atoms with van der Waals surface area (Å²) in [5, 5.41) is 12.5. The first-order valence-corrected chi connectivity index (χ1v) is 9.44. The van der Waals surface area contributed by atoms with E-state index in [4.69, 9.17) is 0 Å². The highest BCUT2D eigenvalue weighted by molar-refractivity contribution is 5.87. The normalized spacial score (nSPS) is 13.6. The van der Waals surface area contributed by atoms with E-state index in [9.17, 15) is 27.9 Å². The molecule has 1 aromatic rings. The van der Waals surface area contributed by atoms with E-state index in [1.165, 1.54) is 7.11 Å². The summed E-state index contributed by atoms with van der Waals surface area (Å²) in [6.07, 6.45) is 0.217. The van der Waals surface area contributed by atoms with Crippen LogP contribution >= 0.6 is 0 Å². The van der Waals surface area contributed by atoms with Crippen molar-refractivity contribution in [2.75, 3.05) is 7.11 Å². The molecule has 2 atom stereocenters. The van der Waals surface area contributed by atoms with Crippen LogP contribution < -0.4 is 5.32 Å². The topological polar surface area (TPSA) is 75.6 Å². The predicted octanol–water partition coefficient (Wildman–Crippen LogP) is 4.15. The molecule has 1 aromatic carbocycles. The fraction of sp³-hybridized carbons (Fsp3) is 0.600. The van der Waals surface area contributed by atoms with E-state index >= 15 is 0 Å². The number of rotatable bonds is 11. The number of aliphatic hydroxyl groups is 1. The van der Waals surface area contributed by atoms with Crippen molar-refractivity contribution in [2.45, 2.75) is 70.2 Å². The van der Waals surface area contributed by atoms with Crippen molar-refractivity contribution >= 4 is 11.9 Å². The summed E-state index contributed by atoms with van der Waals surface area (Å²) in [4.78, 5) is 24.1. The van der Waals surface area contributed by atoms with Crippen LogP contribution in [0.25, 0.3) is 0 Å². The number of amides is 1. The van der Waals surface area contributed by atoms with Crippen LogP contribution in [0, 0.1) is 0 Å². The van der Waals surface area contributed by atoms with Crippen LogP contribution in [0.3, 0.4) is 0 Å². The summed E-state index contributed by atoms with van der Waals surface area (Å²) in [6, 6.07) is 2.75. The maximum atomic E-state index is 12.6.